The fraction of sp³-hybridized carbons (Fsp3) is 0.200. The molecule has 0 saturated carbocycles. The van der Waals surface area contributed by atoms with E-state index in [1.54, 1.807) is 30.3 Å². The Morgan fingerprint density at radius 2 is 2.16 bits per heavy atom. The van der Waals surface area contributed by atoms with Gasteiger partial charge >= 0.3 is 0 Å². The maximum absolute atomic E-state index is 11.6. The van der Waals surface area contributed by atoms with E-state index >= 15 is 0 Å². The highest BCUT2D eigenvalue weighted by Gasteiger charge is 2.07. The fourth-order valence-electron chi connectivity index (χ4n) is 1.40. The number of carbonyl (C=O) groups excluding carboxylic acids is 1. The van der Waals surface area contributed by atoms with Crippen LogP contribution in [0.5, 0.6) is 5.75 Å². The number of benzene rings is 1. The predicted molar refractivity (Wildman–Crippen MR) is 74.4 cm³/mol. The van der Waals surface area contributed by atoms with Gasteiger partial charge in [-0.1, -0.05) is 18.2 Å². The summed E-state index contributed by atoms with van der Waals surface area (Å²) in [5, 5.41) is 11.5. The Bertz CT molecular complexity index is 510. The Hall–Kier alpha value is -2.54. The molecule has 98 valence electrons. The van der Waals surface area contributed by atoms with Crippen LogP contribution in [0, 0.1) is 11.3 Å². The smallest absolute Gasteiger partial charge is 0.262 e. The van der Waals surface area contributed by atoms with Crippen molar-refractivity contribution in [1.29, 1.82) is 5.26 Å². The topological polar surface area (TPSA) is 62.1 Å². The molecule has 0 bridgehead atoms. The van der Waals surface area contributed by atoms with E-state index in [4.69, 9.17) is 10.00 Å². The van der Waals surface area contributed by atoms with Crippen molar-refractivity contribution in [1.82, 2.24) is 5.32 Å². The first-order valence-corrected chi connectivity index (χ1v) is 5.95. The minimum atomic E-state index is -0.406. The summed E-state index contributed by atoms with van der Waals surface area (Å²) in [7, 11) is 0. The Kier molecular flexibility index (Phi) is 5.90. The molecular weight excluding hydrogens is 240 g/mol. The van der Waals surface area contributed by atoms with Gasteiger partial charge in [0.05, 0.1) is 6.61 Å². The van der Waals surface area contributed by atoms with Gasteiger partial charge in [0.2, 0.25) is 0 Å². The molecular formula is C15H16N2O2. The summed E-state index contributed by atoms with van der Waals surface area (Å²) in [6.07, 6.45) is 3.10. The molecule has 0 atom stereocenters. The first-order valence-electron chi connectivity index (χ1n) is 5.95. The van der Waals surface area contributed by atoms with E-state index < -0.39 is 5.91 Å². The molecule has 0 unspecified atom stereocenters. The van der Waals surface area contributed by atoms with Crippen LogP contribution in [0.4, 0.5) is 0 Å². The molecule has 0 aliphatic heterocycles. The van der Waals surface area contributed by atoms with Crippen LogP contribution in [0.25, 0.3) is 6.08 Å². The van der Waals surface area contributed by atoms with Crippen LogP contribution >= 0.6 is 0 Å². The van der Waals surface area contributed by atoms with Gasteiger partial charge in [0.15, 0.2) is 0 Å². The monoisotopic (exact) mass is 256 g/mol. The highest BCUT2D eigenvalue weighted by Crippen LogP contribution is 2.14. The average molecular weight is 256 g/mol. The number of rotatable bonds is 6. The molecule has 0 aliphatic carbocycles. The van der Waals surface area contributed by atoms with E-state index in [1.165, 1.54) is 6.08 Å². The van der Waals surface area contributed by atoms with E-state index in [-0.39, 0.29) is 5.57 Å². The largest absolute Gasteiger partial charge is 0.494 e. The van der Waals surface area contributed by atoms with Crippen LogP contribution in [0.15, 0.2) is 42.5 Å². The van der Waals surface area contributed by atoms with Crippen molar-refractivity contribution in [2.24, 2.45) is 0 Å². The minimum absolute atomic E-state index is 0.0611. The van der Waals surface area contributed by atoms with Gasteiger partial charge in [-0.3, -0.25) is 4.79 Å². The number of amides is 1. The Morgan fingerprint density at radius 1 is 1.47 bits per heavy atom. The molecule has 1 amide bonds. The molecule has 0 aliphatic rings. The predicted octanol–water partition coefficient (Wildman–Crippen LogP) is 2.29. The standard InChI is InChI=1S/C15H16N2O2/c1-3-9-17-15(18)13(11-16)10-12-5-7-14(8-6-12)19-4-2/h3,5-8,10H,1,4,9H2,2H3,(H,17,18)/b13-10+. The number of nitrogens with one attached hydrogen (secondary N) is 1. The van der Waals surface area contributed by atoms with Crippen molar-refractivity contribution in [3.05, 3.63) is 48.1 Å². The SMILES string of the molecule is C=CCNC(=O)/C(C#N)=C/c1ccc(OCC)cc1. The lowest BCUT2D eigenvalue weighted by atomic mass is 10.1. The molecule has 4 nitrogen and oxygen atoms in total. The Labute approximate surface area is 113 Å². The number of hydrogen-bond donors (Lipinski definition) is 1. The summed E-state index contributed by atoms with van der Waals surface area (Å²) in [6, 6.07) is 9.07. The second-order valence-electron chi connectivity index (χ2n) is 3.67. The third-order valence-electron chi connectivity index (χ3n) is 2.27. The maximum atomic E-state index is 11.6. The second kappa shape index (κ2) is 7.72. The molecule has 1 rings (SSSR count). The van der Waals surface area contributed by atoms with Crippen LogP contribution in [0.2, 0.25) is 0 Å². The zero-order valence-electron chi connectivity index (χ0n) is 10.8. The maximum Gasteiger partial charge on any atom is 0.262 e. The van der Waals surface area contributed by atoms with E-state index in [0.717, 1.165) is 11.3 Å². The molecule has 1 N–H and O–H groups in total. The third-order valence-corrected chi connectivity index (χ3v) is 2.27. The molecule has 0 fully saturated rings. The van der Waals surface area contributed by atoms with Gasteiger partial charge in [-0.05, 0) is 30.7 Å². The molecule has 0 saturated heterocycles. The first kappa shape index (κ1) is 14.5. The number of nitriles is 1. The summed E-state index contributed by atoms with van der Waals surface area (Å²) in [4.78, 5) is 11.6. The van der Waals surface area contributed by atoms with Crippen molar-refractivity contribution in [3.63, 3.8) is 0 Å². The van der Waals surface area contributed by atoms with Crippen molar-refractivity contribution < 1.29 is 9.53 Å². The van der Waals surface area contributed by atoms with E-state index in [9.17, 15) is 4.79 Å². The molecule has 0 radical (unpaired) electrons. The average Bonchev–Trinajstić information content (AvgIpc) is 2.44. The number of ether oxygens (including phenoxy) is 1. The van der Waals surface area contributed by atoms with Gasteiger partial charge in [-0.25, -0.2) is 0 Å². The van der Waals surface area contributed by atoms with E-state index in [2.05, 4.69) is 11.9 Å². The molecule has 0 heterocycles. The molecule has 1 aromatic rings. The lowest BCUT2D eigenvalue weighted by Gasteiger charge is -2.03. The summed E-state index contributed by atoms with van der Waals surface area (Å²) < 4.78 is 5.32. The number of hydrogen-bond acceptors (Lipinski definition) is 3. The van der Waals surface area contributed by atoms with E-state index in [1.807, 2.05) is 13.0 Å². The highest BCUT2D eigenvalue weighted by atomic mass is 16.5. The summed E-state index contributed by atoms with van der Waals surface area (Å²) >= 11 is 0. The van der Waals surface area contributed by atoms with E-state index in [0.29, 0.717) is 13.2 Å². The third kappa shape index (κ3) is 4.68. The quantitative estimate of drug-likeness (QED) is 0.482. The molecule has 1 aromatic carbocycles. The van der Waals surface area contributed by atoms with Crippen molar-refractivity contribution >= 4 is 12.0 Å². The molecule has 4 heteroatoms. The Balaban J connectivity index is 2.83. The van der Waals surface area contributed by atoms with Gasteiger partial charge < -0.3 is 10.1 Å². The van der Waals surface area contributed by atoms with Crippen molar-refractivity contribution in [3.8, 4) is 11.8 Å². The normalized spacial score (nSPS) is 10.4. The zero-order valence-corrected chi connectivity index (χ0v) is 10.8. The van der Waals surface area contributed by atoms with Gasteiger partial charge in [-0.15, -0.1) is 6.58 Å². The molecule has 0 spiro atoms. The van der Waals surface area contributed by atoms with Crippen LogP contribution in [0.3, 0.4) is 0 Å². The second-order valence-corrected chi connectivity index (χ2v) is 3.67. The van der Waals surface area contributed by atoms with Crippen LogP contribution < -0.4 is 10.1 Å². The first-order chi connectivity index (χ1) is 9.21. The molecule has 0 aromatic heterocycles. The lowest BCUT2D eigenvalue weighted by Crippen LogP contribution is -2.24. The Morgan fingerprint density at radius 3 is 2.68 bits per heavy atom. The van der Waals surface area contributed by atoms with Gasteiger partial charge in [0.1, 0.15) is 17.4 Å². The van der Waals surface area contributed by atoms with Crippen LogP contribution in [-0.4, -0.2) is 19.1 Å². The molecule has 19 heavy (non-hydrogen) atoms. The zero-order chi connectivity index (χ0) is 14.1. The van der Waals surface area contributed by atoms with Crippen molar-refractivity contribution in [2.45, 2.75) is 6.92 Å². The summed E-state index contributed by atoms with van der Waals surface area (Å²) in [6.45, 7) is 6.34. The summed E-state index contributed by atoms with van der Waals surface area (Å²) in [5.41, 5.74) is 0.833. The highest BCUT2D eigenvalue weighted by molar-refractivity contribution is 6.01. The lowest BCUT2D eigenvalue weighted by molar-refractivity contribution is -0.116. The minimum Gasteiger partial charge on any atom is -0.494 e. The van der Waals surface area contributed by atoms with Crippen LogP contribution in [-0.2, 0) is 4.79 Å². The number of carbonyl (C=O) groups is 1. The van der Waals surface area contributed by atoms with Crippen LogP contribution in [0.1, 0.15) is 12.5 Å². The van der Waals surface area contributed by atoms with Gasteiger partial charge in [0.25, 0.3) is 5.91 Å². The fourth-order valence-corrected chi connectivity index (χ4v) is 1.40. The van der Waals surface area contributed by atoms with Gasteiger partial charge in [0, 0.05) is 6.54 Å². The van der Waals surface area contributed by atoms with Crippen molar-refractivity contribution in [2.75, 3.05) is 13.2 Å². The summed E-state index contributed by atoms with van der Waals surface area (Å²) in [5.74, 6) is 0.352. The number of nitrogens with zero attached hydrogens (tertiary/aromatic N) is 1. The van der Waals surface area contributed by atoms with Gasteiger partial charge in [-0.2, -0.15) is 5.26 Å².